The lowest BCUT2D eigenvalue weighted by Gasteiger charge is -2.23. The van der Waals surface area contributed by atoms with Gasteiger partial charge in [-0.3, -0.25) is 28.9 Å². The van der Waals surface area contributed by atoms with E-state index >= 15 is 0 Å². The highest BCUT2D eigenvalue weighted by molar-refractivity contribution is 6.13. The van der Waals surface area contributed by atoms with E-state index in [4.69, 9.17) is 9.47 Å². The first-order valence-corrected chi connectivity index (χ1v) is 13.6. The Morgan fingerprint density at radius 2 is 1.40 bits per heavy atom. The maximum atomic E-state index is 13.3. The molecule has 1 aromatic carbocycles. The number of imide groups is 1. The molecule has 14 heteroatoms. The predicted molar refractivity (Wildman–Crippen MR) is 152 cm³/mol. The van der Waals surface area contributed by atoms with Gasteiger partial charge in [0, 0.05) is 84.3 Å². The smallest absolute Gasteiger partial charge is 0.415 e. The molecule has 1 aliphatic rings. The molecule has 1 heterocycles. The predicted octanol–water partition coefficient (Wildman–Crippen LogP) is 1.79. The van der Waals surface area contributed by atoms with E-state index < -0.39 is 42.0 Å². The van der Waals surface area contributed by atoms with Crippen molar-refractivity contribution < 1.29 is 47.8 Å². The van der Waals surface area contributed by atoms with E-state index in [1.807, 2.05) is 0 Å². The van der Waals surface area contributed by atoms with Crippen molar-refractivity contribution in [2.45, 2.75) is 32.8 Å². The Labute approximate surface area is 250 Å². The molecule has 2 atom stereocenters. The molecule has 5 amide bonds. The highest BCUT2D eigenvalue weighted by Crippen LogP contribution is 2.26. The van der Waals surface area contributed by atoms with Gasteiger partial charge in [-0.25, -0.2) is 9.59 Å². The molecule has 0 saturated carbocycles. The first kappa shape index (κ1) is 34.5. The zero-order valence-electron chi connectivity index (χ0n) is 25.2. The molecule has 0 bridgehead atoms. The fourth-order valence-electron chi connectivity index (χ4n) is 3.95. The van der Waals surface area contributed by atoms with E-state index in [0.717, 1.165) is 17.1 Å². The first-order valence-electron chi connectivity index (χ1n) is 13.6. The molecule has 0 spiro atoms. The molecular weight excluding hydrogens is 564 g/mol. The van der Waals surface area contributed by atoms with E-state index in [1.165, 1.54) is 67.1 Å². The van der Waals surface area contributed by atoms with E-state index in [1.54, 1.807) is 14.0 Å². The van der Waals surface area contributed by atoms with Crippen LogP contribution >= 0.6 is 0 Å². The van der Waals surface area contributed by atoms with Crippen LogP contribution < -0.4 is 4.74 Å². The number of hydrogen-bond donors (Lipinski definition) is 0. The summed E-state index contributed by atoms with van der Waals surface area (Å²) in [4.78, 5) is 89.8. The lowest BCUT2D eigenvalue weighted by molar-refractivity contribution is -0.155. The number of benzene rings is 1. The number of nitrogens with zero attached hydrogens (tertiary/aromatic N) is 4. The van der Waals surface area contributed by atoms with E-state index in [9.17, 15) is 33.6 Å². The molecule has 2 unspecified atom stereocenters. The summed E-state index contributed by atoms with van der Waals surface area (Å²) in [5, 5.41) is 0. The van der Waals surface area contributed by atoms with Crippen molar-refractivity contribution in [3.05, 3.63) is 42.0 Å². The van der Waals surface area contributed by atoms with Crippen LogP contribution in [0.4, 0.5) is 9.59 Å². The summed E-state index contributed by atoms with van der Waals surface area (Å²) in [7, 11) is 5.86. The van der Waals surface area contributed by atoms with Crippen LogP contribution in [0, 0.1) is 5.92 Å². The van der Waals surface area contributed by atoms with Crippen molar-refractivity contribution in [3.8, 4) is 5.75 Å². The van der Waals surface area contributed by atoms with Gasteiger partial charge in [0.2, 0.25) is 5.91 Å². The summed E-state index contributed by atoms with van der Waals surface area (Å²) >= 11 is 0. The first-order chi connectivity index (χ1) is 20.2. The van der Waals surface area contributed by atoms with E-state index in [0.29, 0.717) is 5.56 Å². The molecule has 0 radical (unpaired) electrons. The van der Waals surface area contributed by atoms with Gasteiger partial charge in [0.15, 0.2) is 11.9 Å². The van der Waals surface area contributed by atoms with Gasteiger partial charge in [-0.1, -0.05) is 19.1 Å². The minimum Gasteiger partial charge on any atom is -0.453 e. The number of carbonyl (C=O) groups is 7. The summed E-state index contributed by atoms with van der Waals surface area (Å²) in [6, 6.07) is 5.95. The number of rotatable bonds is 14. The molecule has 2 rings (SSSR count). The summed E-state index contributed by atoms with van der Waals surface area (Å²) in [6.45, 7) is 3.45. The normalized spacial score (nSPS) is 13.7. The SMILES string of the molecule is COC(=O)N(C)CCN(C)C(=O)Oc1ccc(C(OC(C)=O)C(=O)C(C)CCN(C)C(=O)CCN2C(=O)C=CC2=O)cc1. The van der Waals surface area contributed by atoms with Crippen LogP contribution in [0.2, 0.25) is 0 Å². The second-order valence-corrected chi connectivity index (χ2v) is 10.1. The van der Waals surface area contributed by atoms with Crippen molar-refractivity contribution in [3.63, 3.8) is 0 Å². The molecular formula is C29H38N4O10. The molecule has 0 N–H and O–H groups in total. The molecule has 1 aromatic rings. The number of amides is 5. The molecule has 234 valence electrons. The quantitative estimate of drug-likeness (QED) is 0.227. The van der Waals surface area contributed by atoms with Crippen molar-refractivity contribution in [2.24, 2.45) is 5.92 Å². The van der Waals surface area contributed by atoms with Gasteiger partial charge < -0.3 is 28.9 Å². The lowest BCUT2D eigenvalue weighted by Crippen LogP contribution is -2.38. The third kappa shape index (κ3) is 10.2. The number of ketones is 1. The highest BCUT2D eigenvalue weighted by Gasteiger charge is 2.29. The fourth-order valence-corrected chi connectivity index (χ4v) is 3.95. The number of Topliss-reactive ketones (excluding diaryl/α,β-unsaturated/α-hetero) is 1. The summed E-state index contributed by atoms with van der Waals surface area (Å²) in [5.41, 5.74) is 0.373. The molecule has 0 fully saturated rings. The van der Waals surface area contributed by atoms with Crippen LogP contribution in [-0.2, 0) is 33.4 Å². The van der Waals surface area contributed by atoms with Crippen LogP contribution in [0.3, 0.4) is 0 Å². The van der Waals surface area contributed by atoms with E-state index in [2.05, 4.69) is 4.74 Å². The Bertz CT molecular complexity index is 1230. The second-order valence-electron chi connectivity index (χ2n) is 10.1. The molecule has 0 saturated heterocycles. The van der Waals surface area contributed by atoms with Gasteiger partial charge in [0.25, 0.3) is 11.8 Å². The largest absolute Gasteiger partial charge is 0.453 e. The number of likely N-dealkylation sites (N-methyl/N-ethyl adjacent to an activating group) is 2. The Morgan fingerprint density at radius 3 is 1.93 bits per heavy atom. The van der Waals surface area contributed by atoms with Crippen LogP contribution in [0.15, 0.2) is 36.4 Å². The maximum absolute atomic E-state index is 13.3. The van der Waals surface area contributed by atoms with Crippen molar-refractivity contribution in [1.82, 2.24) is 19.6 Å². The summed E-state index contributed by atoms with van der Waals surface area (Å²) in [6.07, 6.45) is 0.112. The molecule has 14 nitrogen and oxygen atoms in total. The Hall–Kier alpha value is -4.75. The molecule has 43 heavy (non-hydrogen) atoms. The zero-order chi connectivity index (χ0) is 32.3. The number of carbonyl (C=O) groups excluding carboxylic acids is 7. The van der Waals surface area contributed by atoms with Crippen LogP contribution in [0.25, 0.3) is 0 Å². The van der Waals surface area contributed by atoms with Gasteiger partial charge in [-0.2, -0.15) is 0 Å². The van der Waals surface area contributed by atoms with Crippen LogP contribution in [-0.4, -0.2) is 116 Å². The Balaban J connectivity index is 1.94. The zero-order valence-corrected chi connectivity index (χ0v) is 25.2. The van der Waals surface area contributed by atoms with Crippen molar-refractivity contribution >= 4 is 41.7 Å². The van der Waals surface area contributed by atoms with E-state index in [-0.39, 0.29) is 56.5 Å². The fraction of sp³-hybridized carbons (Fsp3) is 0.483. The minimum atomic E-state index is -1.21. The van der Waals surface area contributed by atoms with Gasteiger partial charge in [0.1, 0.15) is 5.75 Å². The number of methoxy groups -OCH3 is 1. The summed E-state index contributed by atoms with van der Waals surface area (Å²) in [5.74, 6) is -2.67. The number of hydrogen-bond acceptors (Lipinski definition) is 10. The third-order valence-corrected chi connectivity index (χ3v) is 6.76. The molecule has 0 aromatic heterocycles. The molecule has 0 aliphatic carbocycles. The van der Waals surface area contributed by atoms with Crippen molar-refractivity contribution in [1.29, 1.82) is 0 Å². The van der Waals surface area contributed by atoms with Gasteiger partial charge in [-0.05, 0) is 18.6 Å². The van der Waals surface area contributed by atoms with Gasteiger partial charge in [0.05, 0.1) is 7.11 Å². The van der Waals surface area contributed by atoms with Gasteiger partial charge >= 0.3 is 18.2 Å². The number of esters is 1. The lowest BCUT2D eigenvalue weighted by atomic mass is 9.93. The topological polar surface area (TPSA) is 160 Å². The Kier molecular flexibility index (Phi) is 12.8. The van der Waals surface area contributed by atoms with Crippen LogP contribution in [0.5, 0.6) is 5.75 Å². The van der Waals surface area contributed by atoms with Crippen LogP contribution in [0.1, 0.15) is 38.4 Å². The Morgan fingerprint density at radius 1 is 0.837 bits per heavy atom. The maximum Gasteiger partial charge on any atom is 0.415 e. The standard InChI is InChI=1S/C29H38N4O10/c1-19(13-15-30(3)23(35)14-16-33-24(36)11-12-25(33)37)26(38)27(42-20(2)34)21-7-9-22(10-8-21)43-29(40)32(5)18-17-31(4)28(39)41-6/h7-12,19,27H,13-18H2,1-6H3. The van der Waals surface area contributed by atoms with Crippen molar-refractivity contribution in [2.75, 3.05) is 54.4 Å². The van der Waals surface area contributed by atoms with Gasteiger partial charge in [-0.15, -0.1) is 0 Å². The second kappa shape index (κ2) is 16.0. The highest BCUT2D eigenvalue weighted by atomic mass is 16.6. The average molecular weight is 603 g/mol. The minimum absolute atomic E-state index is 0.0365. The molecule has 1 aliphatic heterocycles. The average Bonchev–Trinajstić information content (AvgIpc) is 3.31. The number of ether oxygens (including phenoxy) is 3. The summed E-state index contributed by atoms with van der Waals surface area (Å²) < 4.78 is 15.3. The monoisotopic (exact) mass is 602 g/mol. The third-order valence-electron chi connectivity index (χ3n) is 6.76.